The average Bonchev–Trinajstić information content (AvgIpc) is 3.22. The molecule has 2 aromatic carbocycles. The zero-order valence-electron chi connectivity index (χ0n) is 17.3. The molecule has 0 aliphatic carbocycles. The Morgan fingerprint density at radius 3 is 3.03 bits per heavy atom. The highest BCUT2D eigenvalue weighted by molar-refractivity contribution is 5.92. The normalized spacial score (nSPS) is 16.7. The number of H-pyrrole nitrogens is 1. The summed E-state index contributed by atoms with van der Waals surface area (Å²) in [6.45, 7) is 2.10. The van der Waals surface area contributed by atoms with Crippen molar-refractivity contribution in [3.8, 4) is 0 Å². The van der Waals surface area contributed by atoms with Crippen LogP contribution in [0.3, 0.4) is 0 Å². The van der Waals surface area contributed by atoms with Crippen molar-refractivity contribution in [1.29, 1.82) is 0 Å². The lowest BCUT2D eigenvalue weighted by molar-refractivity contribution is -0.125. The van der Waals surface area contributed by atoms with Crippen LogP contribution in [0.2, 0.25) is 0 Å². The van der Waals surface area contributed by atoms with Crippen molar-refractivity contribution >= 4 is 33.4 Å². The number of pyridine rings is 1. The number of anilines is 1. The van der Waals surface area contributed by atoms with Gasteiger partial charge in [-0.05, 0) is 55.2 Å². The molecule has 1 atom stereocenters. The van der Waals surface area contributed by atoms with Crippen LogP contribution in [0, 0.1) is 11.7 Å². The molecular formula is C25H25FN4O. The maximum Gasteiger partial charge on any atom is 0.224 e. The molecule has 2 N–H and O–H groups in total. The summed E-state index contributed by atoms with van der Waals surface area (Å²) in [6.07, 6.45) is 6.36. The zero-order valence-corrected chi connectivity index (χ0v) is 17.3. The second-order valence-corrected chi connectivity index (χ2v) is 8.18. The van der Waals surface area contributed by atoms with Gasteiger partial charge in [0.05, 0.1) is 11.4 Å². The van der Waals surface area contributed by atoms with Gasteiger partial charge in [-0.1, -0.05) is 18.2 Å². The molecule has 6 heteroatoms. The number of hydrogen-bond acceptors (Lipinski definition) is 3. The van der Waals surface area contributed by atoms with Crippen LogP contribution in [0.1, 0.15) is 18.4 Å². The van der Waals surface area contributed by atoms with Gasteiger partial charge >= 0.3 is 0 Å². The Balaban J connectivity index is 1.24. The van der Waals surface area contributed by atoms with Gasteiger partial charge in [0.15, 0.2) is 0 Å². The number of hydrogen-bond donors (Lipinski definition) is 2. The number of carbonyl (C=O) groups excluding carboxylic acids is 1. The standard InChI is InChI=1S/C25H25FN4O/c26-19-7-8-23-21(14-19)24(10-12-27-23)30-13-3-4-18(16-30)25(31)28-11-9-17-15-29-22-6-2-1-5-20(17)22/h1-2,5-8,10,12,14-15,18,29H,3-4,9,11,13,16H2,(H,28,31). The molecule has 0 spiro atoms. The van der Waals surface area contributed by atoms with E-state index in [0.29, 0.717) is 13.1 Å². The molecule has 1 saturated heterocycles. The van der Waals surface area contributed by atoms with Gasteiger partial charge in [0.25, 0.3) is 0 Å². The Bertz CT molecular complexity index is 1230. The number of amides is 1. The van der Waals surface area contributed by atoms with Gasteiger partial charge in [-0.15, -0.1) is 0 Å². The molecule has 0 saturated carbocycles. The Kier molecular flexibility index (Phi) is 5.28. The van der Waals surface area contributed by atoms with Gasteiger partial charge in [-0.2, -0.15) is 0 Å². The Morgan fingerprint density at radius 1 is 1.19 bits per heavy atom. The molecule has 5 rings (SSSR count). The van der Waals surface area contributed by atoms with E-state index in [2.05, 4.69) is 32.3 Å². The van der Waals surface area contributed by atoms with Crippen molar-refractivity contribution in [2.75, 3.05) is 24.5 Å². The van der Waals surface area contributed by atoms with E-state index in [9.17, 15) is 9.18 Å². The van der Waals surface area contributed by atoms with Gasteiger partial charge in [-0.25, -0.2) is 4.39 Å². The third-order valence-corrected chi connectivity index (χ3v) is 6.18. The van der Waals surface area contributed by atoms with Crippen molar-refractivity contribution in [1.82, 2.24) is 15.3 Å². The number of benzene rings is 2. The van der Waals surface area contributed by atoms with E-state index in [1.807, 2.05) is 24.4 Å². The SMILES string of the molecule is O=C(NCCc1c[nH]c2ccccc12)C1CCCN(c2ccnc3ccc(F)cc23)C1. The molecule has 4 aromatic rings. The van der Waals surface area contributed by atoms with Crippen molar-refractivity contribution in [3.63, 3.8) is 0 Å². The molecule has 0 bridgehead atoms. The quantitative estimate of drug-likeness (QED) is 0.506. The molecule has 1 aliphatic rings. The third kappa shape index (κ3) is 3.98. The largest absolute Gasteiger partial charge is 0.370 e. The number of nitrogens with one attached hydrogen (secondary N) is 2. The molecule has 1 unspecified atom stereocenters. The van der Waals surface area contributed by atoms with Gasteiger partial charge in [0.1, 0.15) is 5.82 Å². The molecule has 31 heavy (non-hydrogen) atoms. The lowest BCUT2D eigenvalue weighted by atomic mass is 9.96. The first-order valence-corrected chi connectivity index (χ1v) is 10.8. The topological polar surface area (TPSA) is 61.0 Å². The monoisotopic (exact) mass is 416 g/mol. The van der Waals surface area contributed by atoms with Gasteiger partial charge in [-0.3, -0.25) is 9.78 Å². The predicted octanol–water partition coefficient (Wildman–Crippen LogP) is 4.43. The lowest BCUT2D eigenvalue weighted by Crippen LogP contribution is -2.43. The molecule has 3 heterocycles. The van der Waals surface area contributed by atoms with Crippen molar-refractivity contribution in [2.24, 2.45) is 5.92 Å². The first-order valence-electron chi connectivity index (χ1n) is 10.8. The highest BCUT2D eigenvalue weighted by Gasteiger charge is 2.26. The molecular weight excluding hydrogens is 391 g/mol. The number of nitrogens with zero attached hydrogens (tertiary/aromatic N) is 2. The van der Waals surface area contributed by atoms with E-state index in [1.165, 1.54) is 23.1 Å². The molecule has 0 radical (unpaired) electrons. The zero-order chi connectivity index (χ0) is 21.2. The molecule has 158 valence electrons. The van der Waals surface area contributed by atoms with Crippen LogP contribution < -0.4 is 10.2 Å². The first kappa shape index (κ1) is 19.5. The van der Waals surface area contributed by atoms with E-state index in [4.69, 9.17) is 0 Å². The molecule has 1 amide bonds. The fraction of sp³-hybridized carbons (Fsp3) is 0.280. The number of carbonyl (C=O) groups is 1. The molecule has 1 fully saturated rings. The molecule has 1 aliphatic heterocycles. The summed E-state index contributed by atoms with van der Waals surface area (Å²) in [6, 6.07) is 14.8. The Hall–Kier alpha value is -3.41. The summed E-state index contributed by atoms with van der Waals surface area (Å²) in [5.74, 6) is -0.257. The van der Waals surface area contributed by atoms with Crippen LogP contribution in [-0.2, 0) is 11.2 Å². The number of piperidine rings is 1. The third-order valence-electron chi connectivity index (χ3n) is 6.18. The van der Waals surface area contributed by atoms with Gasteiger partial charge < -0.3 is 15.2 Å². The number of aromatic amines is 1. The molecule has 5 nitrogen and oxygen atoms in total. The Labute approximate surface area is 180 Å². The van der Waals surface area contributed by atoms with E-state index in [0.717, 1.165) is 47.9 Å². The minimum atomic E-state index is -0.273. The summed E-state index contributed by atoms with van der Waals surface area (Å²) >= 11 is 0. The van der Waals surface area contributed by atoms with Crippen LogP contribution in [0.15, 0.2) is 60.9 Å². The number of rotatable bonds is 5. The first-order chi connectivity index (χ1) is 15.2. The summed E-state index contributed by atoms with van der Waals surface area (Å²) in [5.41, 5.74) is 4.05. The number of fused-ring (bicyclic) bond motifs is 2. The van der Waals surface area contributed by atoms with Crippen LogP contribution in [0.5, 0.6) is 0 Å². The van der Waals surface area contributed by atoms with Crippen LogP contribution in [0.25, 0.3) is 21.8 Å². The van der Waals surface area contributed by atoms with Crippen LogP contribution in [0.4, 0.5) is 10.1 Å². The minimum absolute atomic E-state index is 0.0755. The van der Waals surface area contributed by atoms with E-state index < -0.39 is 0 Å². The fourth-order valence-corrected chi connectivity index (χ4v) is 4.59. The summed E-state index contributed by atoms with van der Waals surface area (Å²) in [5, 5.41) is 5.12. The maximum atomic E-state index is 13.8. The van der Waals surface area contributed by atoms with Crippen LogP contribution >= 0.6 is 0 Å². The number of para-hydroxylation sites is 1. The van der Waals surface area contributed by atoms with E-state index in [-0.39, 0.29) is 17.6 Å². The van der Waals surface area contributed by atoms with Crippen molar-refractivity contribution in [2.45, 2.75) is 19.3 Å². The summed E-state index contributed by atoms with van der Waals surface area (Å²) in [4.78, 5) is 22.7. The Morgan fingerprint density at radius 2 is 2.10 bits per heavy atom. The van der Waals surface area contributed by atoms with Gasteiger partial charge in [0.2, 0.25) is 5.91 Å². The highest BCUT2D eigenvalue weighted by atomic mass is 19.1. The molecule has 2 aromatic heterocycles. The minimum Gasteiger partial charge on any atom is -0.370 e. The number of aromatic nitrogens is 2. The van der Waals surface area contributed by atoms with Crippen molar-refractivity contribution < 1.29 is 9.18 Å². The second kappa shape index (κ2) is 8.38. The average molecular weight is 417 g/mol. The van der Waals surface area contributed by atoms with Crippen molar-refractivity contribution in [3.05, 3.63) is 72.3 Å². The van der Waals surface area contributed by atoms with Crippen LogP contribution in [-0.4, -0.2) is 35.5 Å². The smallest absolute Gasteiger partial charge is 0.224 e. The summed E-state index contributed by atoms with van der Waals surface area (Å²) in [7, 11) is 0. The summed E-state index contributed by atoms with van der Waals surface area (Å²) < 4.78 is 13.8. The lowest BCUT2D eigenvalue weighted by Gasteiger charge is -2.34. The highest BCUT2D eigenvalue weighted by Crippen LogP contribution is 2.30. The van der Waals surface area contributed by atoms with E-state index >= 15 is 0 Å². The van der Waals surface area contributed by atoms with Gasteiger partial charge in [0, 0.05) is 54.0 Å². The predicted molar refractivity (Wildman–Crippen MR) is 122 cm³/mol. The maximum absolute atomic E-state index is 13.8. The second-order valence-electron chi connectivity index (χ2n) is 8.18. The fourth-order valence-electron chi connectivity index (χ4n) is 4.59. The van der Waals surface area contributed by atoms with E-state index in [1.54, 1.807) is 12.3 Å². The number of halogens is 1.